The Bertz CT molecular complexity index is 482. The fraction of sp³-hybridized carbons (Fsp3) is 0.562. The van der Waals surface area contributed by atoms with E-state index in [1.165, 1.54) is 7.11 Å². The van der Waals surface area contributed by atoms with Crippen LogP contribution in [0.5, 0.6) is 11.5 Å². The molecule has 0 saturated carbocycles. The van der Waals surface area contributed by atoms with E-state index in [0.29, 0.717) is 24.3 Å². The summed E-state index contributed by atoms with van der Waals surface area (Å²) in [6.07, 6.45) is 0.827. The third-order valence-corrected chi connectivity index (χ3v) is 3.65. The smallest absolute Gasteiger partial charge is 0.311 e. The molecule has 0 aliphatic heterocycles. The first kappa shape index (κ1) is 17.3. The average molecular weight is 296 g/mol. The van der Waals surface area contributed by atoms with Crippen molar-refractivity contribution in [1.29, 1.82) is 0 Å². The third-order valence-electron chi connectivity index (χ3n) is 3.65. The van der Waals surface area contributed by atoms with Crippen LogP contribution in [0.15, 0.2) is 18.2 Å². The number of hydrogen-bond acceptors (Lipinski definition) is 5. The van der Waals surface area contributed by atoms with Crippen molar-refractivity contribution in [3.63, 3.8) is 0 Å². The molecule has 0 fully saturated rings. The van der Waals surface area contributed by atoms with Crippen molar-refractivity contribution in [3.05, 3.63) is 23.8 Å². The minimum absolute atomic E-state index is 0.320. The largest absolute Gasteiger partial charge is 0.493 e. The molecule has 2 atom stereocenters. The van der Waals surface area contributed by atoms with Gasteiger partial charge in [-0.1, -0.05) is 13.0 Å². The van der Waals surface area contributed by atoms with E-state index in [2.05, 4.69) is 0 Å². The third kappa shape index (κ3) is 4.11. The summed E-state index contributed by atoms with van der Waals surface area (Å²) in [4.78, 5) is 11.8. The van der Waals surface area contributed by atoms with Gasteiger partial charge < -0.3 is 19.3 Å². The second kappa shape index (κ2) is 7.31. The van der Waals surface area contributed by atoms with Crippen LogP contribution in [0.4, 0.5) is 0 Å². The highest BCUT2D eigenvalue weighted by molar-refractivity contribution is 5.73. The SMILES string of the molecule is CCC(C(=O)OC)C(C)(O)Cc1ccc(OC)c(OC)c1. The molecule has 1 aromatic rings. The van der Waals surface area contributed by atoms with Gasteiger partial charge >= 0.3 is 5.97 Å². The van der Waals surface area contributed by atoms with Gasteiger partial charge in [0.05, 0.1) is 32.8 Å². The maximum Gasteiger partial charge on any atom is 0.311 e. The van der Waals surface area contributed by atoms with Gasteiger partial charge in [0.1, 0.15) is 0 Å². The van der Waals surface area contributed by atoms with Crippen molar-refractivity contribution in [2.45, 2.75) is 32.3 Å². The standard InChI is InChI=1S/C16H24O5/c1-6-12(15(17)21-5)16(2,18)10-11-7-8-13(19-3)14(9-11)20-4/h7-9,12,18H,6,10H2,1-5H3. The first-order valence-electron chi connectivity index (χ1n) is 6.90. The molecular weight excluding hydrogens is 272 g/mol. The van der Waals surface area contributed by atoms with Gasteiger partial charge in [0.25, 0.3) is 0 Å². The molecule has 0 aromatic heterocycles. The molecule has 0 amide bonds. The number of esters is 1. The Labute approximate surface area is 125 Å². The zero-order valence-electron chi connectivity index (χ0n) is 13.3. The molecule has 0 aliphatic carbocycles. The molecule has 2 unspecified atom stereocenters. The monoisotopic (exact) mass is 296 g/mol. The van der Waals surface area contributed by atoms with E-state index in [4.69, 9.17) is 14.2 Å². The summed E-state index contributed by atoms with van der Waals surface area (Å²) in [5.41, 5.74) is -0.332. The zero-order valence-corrected chi connectivity index (χ0v) is 13.3. The van der Waals surface area contributed by atoms with Crippen molar-refractivity contribution in [2.24, 2.45) is 5.92 Å². The second-order valence-corrected chi connectivity index (χ2v) is 5.21. The van der Waals surface area contributed by atoms with Crippen LogP contribution in [0.1, 0.15) is 25.8 Å². The van der Waals surface area contributed by atoms with E-state index in [-0.39, 0.29) is 0 Å². The van der Waals surface area contributed by atoms with Crippen LogP contribution in [0.3, 0.4) is 0 Å². The zero-order chi connectivity index (χ0) is 16.0. The topological polar surface area (TPSA) is 65.0 Å². The van der Waals surface area contributed by atoms with Crippen molar-refractivity contribution < 1.29 is 24.1 Å². The van der Waals surface area contributed by atoms with E-state index >= 15 is 0 Å². The number of rotatable bonds is 7. The van der Waals surface area contributed by atoms with Gasteiger partial charge in [0, 0.05) is 6.42 Å². The van der Waals surface area contributed by atoms with Crippen molar-refractivity contribution in [3.8, 4) is 11.5 Å². The van der Waals surface area contributed by atoms with Gasteiger partial charge in [-0.2, -0.15) is 0 Å². The maximum absolute atomic E-state index is 11.8. The number of carbonyl (C=O) groups excluding carboxylic acids is 1. The Morgan fingerprint density at radius 3 is 2.33 bits per heavy atom. The lowest BCUT2D eigenvalue weighted by atomic mass is 9.82. The first-order valence-corrected chi connectivity index (χ1v) is 6.90. The van der Waals surface area contributed by atoms with Crippen molar-refractivity contribution in [1.82, 2.24) is 0 Å². The summed E-state index contributed by atoms with van der Waals surface area (Å²) < 4.78 is 15.2. The highest BCUT2D eigenvalue weighted by Gasteiger charge is 2.37. The van der Waals surface area contributed by atoms with Crippen LogP contribution in [-0.4, -0.2) is 38.0 Å². The number of aliphatic hydroxyl groups is 1. The first-order chi connectivity index (χ1) is 9.89. The summed E-state index contributed by atoms with van der Waals surface area (Å²) in [5.74, 6) is 0.247. The quantitative estimate of drug-likeness (QED) is 0.781. The lowest BCUT2D eigenvalue weighted by Gasteiger charge is -2.30. The van der Waals surface area contributed by atoms with E-state index in [1.807, 2.05) is 13.0 Å². The van der Waals surface area contributed by atoms with E-state index in [0.717, 1.165) is 5.56 Å². The Kier molecular flexibility index (Phi) is 6.03. The van der Waals surface area contributed by atoms with E-state index in [1.54, 1.807) is 33.3 Å². The molecule has 118 valence electrons. The van der Waals surface area contributed by atoms with Crippen LogP contribution < -0.4 is 9.47 Å². The molecule has 0 spiro atoms. The lowest BCUT2D eigenvalue weighted by molar-refractivity contribution is -0.154. The minimum atomic E-state index is -1.19. The van der Waals surface area contributed by atoms with Gasteiger partial charge in [-0.25, -0.2) is 0 Å². The van der Waals surface area contributed by atoms with Crippen LogP contribution in [0, 0.1) is 5.92 Å². The highest BCUT2D eigenvalue weighted by atomic mass is 16.5. The molecule has 1 rings (SSSR count). The minimum Gasteiger partial charge on any atom is -0.493 e. The molecule has 1 N–H and O–H groups in total. The van der Waals surface area contributed by atoms with Crippen LogP contribution in [0.2, 0.25) is 0 Å². The maximum atomic E-state index is 11.8. The van der Waals surface area contributed by atoms with Crippen LogP contribution in [0.25, 0.3) is 0 Å². The van der Waals surface area contributed by atoms with Gasteiger partial charge in [0.2, 0.25) is 0 Å². The summed E-state index contributed by atoms with van der Waals surface area (Å²) in [6, 6.07) is 5.43. The summed E-state index contributed by atoms with van der Waals surface area (Å²) in [7, 11) is 4.46. The molecule has 0 heterocycles. The Morgan fingerprint density at radius 1 is 1.24 bits per heavy atom. The normalized spacial score (nSPS) is 15.0. The second-order valence-electron chi connectivity index (χ2n) is 5.21. The Balaban J connectivity index is 3.00. The average Bonchev–Trinajstić information content (AvgIpc) is 2.46. The molecule has 0 radical (unpaired) electrons. The van der Waals surface area contributed by atoms with Crippen molar-refractivity contribution in [2.75, 3.05) is 21.3 Å². The fourth-order valence-corrected chi connectivity index (χ4v) is 2.53. The molecule has 0 saturated heterocycles. The van der Waals surface area contributed by atoms with Crippen LogP contribution in [-0.2, 0) is 16.0 Å². The number of benzene rings is 1. The van der Waals surface area contributed by atoms with E-state index in [9.17, 15) is 9.90 Å². The summed E-state index contributed by atoms with van der Waals surface area (Å²) >= 11 is 0. The number of hydrogen-bond donors (Lipinski definition) is 1. The van der Waals surface area contributed by atoms with Crippen LogP contribution >= 0.6 is 0 Å². The summed E-state index contributed by atoms with van der Waals surface area (Å²) in [5, 5.41) is 10.6. The van der Waals surface area contributed by atoms with Gasteiger partial charge in [0.15, 0.2) is 11.5 Å². The van der Waals surface area contributed by atoms with Gasteiger partial charge in [-0.15, -0.1) is 0 Å². The number of carbonyl (C=O) groups is 1. The molecule has 0 aliphatic rings. The molecule has 1 aromatic carbocycles. The molecular formula is C16H24O5. The van der Waals surface area contributed by atoms with Crippen molar-refractivity contribution >= 4 is 5.97 Å². The fourth-order valence-electron chi connectivity index (χ4n) is 2.53. The molecule has 21 heavy (non-hydrogen) atoms. The molecule has 5 nitrogen and oxygen atoms in total. The van der Waals surface area contributed by atoms with E-state index < -0.39 is 17.5 Å². The predicted molar refractivity (Wildman–Crippen MR) is 79.7 cm³/mol. The van der Waals surface area contributed by atoms with Gasteiger partial charge in [-0.05, 0) is 31.0 Å². The molecule has 5 heteroatoms. The number of ether oxygens (including phenoxy) is 3. The Hall–Kier alpha value is -1.75. The highest BCUT2D eigenvalue weighted by Crippen LogP contribution is 2.31. The predicted octanol–water partition coefficient (Wildman–Crippen LogP) is 2.20. The number of methoxy groups -OCH3 is 3. The van der Waals surface area contributed by atoms with Gasteiger partial charge in [-0.3, -0.25) is 4.79 Å². The summed E-state index contributed by atoms with van der Waals surface area (Å²) in [6.45, 7) is 3.50. The lowest BCUT2D eigenvalue weighted by Crippen LogP contribution is -2.41. The molecule has 0 bridgehead atoms. The Morgan fingerprint density at radius 2 is 1.86 bits per heavy atom.